The standard InChI is InChI=1S/C18H23F3N4O2/c1-16(10-17(2,11-16)22-3)15-25-24-14(27-15)9-26-13-5-7-23-6-4-12(8-13)18(19,20)21/h5-6,8,22H,4,7,9-11H2,1-3H3. The van der Waals surface area contributed by atoms with Gasteiger partial charge in [-0.25, -0.2) is 0 Å². The Bertz CT molecular complexity index is 774. The van der Waals surface area contributed by atoms with E-state index in [-0.39, 0.29) is 42.2 Å². The molecule has 0 aromatic carbocycles. The number of hydrogen-bond acceptors (Lipinski definition) is 6. The molecule has 27 heavy (non-hydrogen) atoms. The minimum absolute atomic E-state index is 0.0445. The third-order valence-electron chi connectivity index (χ3n) is 5.03. The number of nitrogens with one attached hydrogen (secondary N) is 1. The molecular weight excluding hydrogens is 361 g/mol. The van der Waals surface area contributed by atoms with Crippen molar-refractivity contribution in [1.82, 2.24) is 15.5 Å². The maximum Gasteiger partial charge on any atom is 0.413 e. The van der Waals surface area contributed by atoms with E-state index >= 15 is 0 Å². The van der Waals surface area contributed by atoms with E-state index in [4.69, 9.17) is 9.15 Å². The number of rotatable bonds is 5. The molecule has 0 bridgehead atoms. The molecular formula is C18H23F3N4O2. The molecule has 0 unspecified atom stereocenters. The van der Waals surface area contributed by atoms with Gasteiger partial charge in [-0.3, -0.25) is 4.99 Å². The molecule has 0 spiro atoms. The van der Waals surface area contributed by atoms with Gasteiger partial charge in [0, 0.05) is 29.2 Å². The van der Waals surface area contributed by atoms with Crippen molar-refractivity contribution in [2.75, 3.05) is 13.6 Å². The molecule has 1 saturated carbocycles. The van der Waals surface area contributed by atoms with Crippen LogP contribution in [-0.4, -0.2) is 41.7 Å². The normalized spacial score (nSPS) is 28.7. The second kappa shape index (κ2) is 7.10. The number of halogens is 3. The minimum Gasteiger partial charge on any atom is -0.484 e. The highest BCUT2D eigenvalue weighted by atomic mass is 19.4. The quantitative estimate of drug-likeness (QED) is 0.842. The van der Waals surface area contributed by atoms with Gasteiger partial charge in [-0.2, -0.15) is 13.2 Å². The summed E-state index contributed by atoms with van der Waals surface area (Å²) in [6, 6.07) is 0. The first-order chi connectivity index (χ1) is 12.6. The van der Waals surface area contributed by atoms with E-state index in [0.29, 0.717) is 5.89 Å². The highest BCUT2D eigenvalue weighted by molar-refractivity contribution is 5.62. The van der Waals surface area contributed by atoms with Gasteiger partial charge in [0.25, 0.3) is 5.89 Å². The number of ether oxygens (including phenoxy) is 1. The first-order valence-electron chi connectivity index (χ1n) is 8.74. The van der Waals surface area contributed by atoms with Crippen LogP contribution in [0.1, 0.15) is 44.9 Å². The van der Waals surface area contributed by atoms with Crippen LogP contribution in [0.4, 0.5) is 13.2 Å². The fraction of sp³-hybridized carbons (Fsp3) is 0.611. The Balaban J connectivity index is 1.65. The molecule has 0 amide bonds. The first kappa shape index (κ1) is 19.6. The van der Waals surface area contributed by atoms with Gasteiger partial charge in [0.15, 0.2) is 6.61 Å². The van der Waals surface area contributed by atoms with E-state index in [1.165, 1.54) is 12.3 Å². The van der Waals surface area contributed by atoms with Gasteiger partial charge in [-0.15, -0.1) is 10.2 Å². The summed E-state index contributed by atoms with van der Waals surface area (Å²) in [6.45, 7) is 4.34. The third kappa shape index (κ3) is 4.40. The molecule has 1 fully saturated rings. The van der Waals surface area contributed by atoms with E-state index in [1.807, 2.05) is 7.05 Å². The lowest BCUT2D eigenvalue weighted by atomic mass is 9.59. The van der Waals surface area contributed by atoms with Crippen molar-refractivity contribution in [2.24, 2.45) is 4.99 Å². The average molecular weight is 384 g/mol. The summed E-state index contributed by atoms with van der Waals surface area (Å²) in [5.41, 5.74) is -0.875. The fourth-order valence-corrected chi connectivity index (χ4v) is 3.67. The predicted molar refractivity (Wildman–Crippen MR) is 93.3 cm³/mol. The van der Waals surface area contributed by atoms with Crippen LogP contribution in [0.15, 0.2) is 32.9 Å². The van der Waals surface area contributed by atoms with Crippen molar-refractivity contribution < 1.29 is 22.3 Å². The SMILES string of the molecule is CNC1(C)CC(C)(c2nnc(COC3=CCN=CCC(C(F)(F)F)=C3)o2)C1. The Hall–Kier alpha value is -2.16. The van der Waals surface area contributed by atoms with Gasteiger partial charge in [0.2, 0.25) is 5.89 Å². The molecule has 0 saturated heterocycles. The van der Waals surface area contributed by atoms with Crippen LogP contribution in [-0.2, 0) is 16.8 Å². The molecule has 3 rings (SSSR count). The van der Waals surface area contributed by atoms with Gasteiger partial charge in [-0.1, -0.05) is 6.92 Å². The molecule has 0 atom stereocenters. The predicted octanol–water partition coefficient (Wildman–Crippen LogP) is 3.46. The molecule has 2 heterocycles. The largest absolute Gasteiger partial charge is 0.484 e. The van der Waals surface area contributed by atoms with Crippen molar-refractivity contribution in [2.45, 2.75) is 56.8 Å². The summed E-state index contributed by atoms with van der Waals surface area (Å²) in [5, 5.41) is 11.3. The van der Waals surface area contributed by atoms with E-state index in [1.54, 1.807) is 0 Å². The highest BCUT2D eigenvalue weighted by Gasteiger charge is 2.52. The molecule has 1 aromatic rings. The minimum atomic E-state index is -4.43. The van der Waals surface area contributed by atoms with Crippen molar-refractivity contribution in [3.8, 4) is 0 Å². The lowest BCUT2D eigenvalue weighted by Gasteiger charge is -2.50. The summed E-state index contributed by atoms with van der Waals surface area (Å²) >= 11 is 0. The maximum atomic E-state index is 13.0. The molecule has 1 N–H and O–H groups in total. The van der Waals surface area contributed by atoms with Crippen LogP contribution >= 0.6 is 0 Å². The third-order valence-corrected chi connectivity index (χ3v) is 5.03. The lowest BCUT2D eigenvalue weighted by molar-refractivity contribution is -0.0927. The molecule has 2 aliphatic rings. The van der Waals surface area contributed by atoms with Crippen LogP contribution in [0.5, 0.6) is 0 Å². The molecule has 1 aliphatic carbocycles. The second-order valence-electron chi connectivity index (χ2n) is 7.54. The Labute approximate surface area is 155 Å². The maximum absolute atomic E-state index is 13.0. The molecule has 1 aliphatic heterocycles. The zero-order valence-corrected chi connectivity index (χ0v) is 15.6. The summed E-state index contributed by atoms with van der Waals surface area (Å²) in [4.78, 5) is 3.90. The van der Waals surface area contributed by atoms with Gasteiger partial charge in [-0.05, 0) is 39.0 Å². The van der Waals surface area contributed by atoms with E-state index in [2.05, 4.69) is 34.4 Å². The van der Waals surface area contributed by atoms with Crippen molar-refractivity contribution in [3.05, 3.63) is 35.3 Å². The monoisotopic (exact) mass is 384 g/mol. The van der Waals surface area contributed by atoms with Crippen LogP contribution in [0.3, 0.4) is 0 Å². The summed E-state index contributed by atoms with van der Waals surface area (Å²) in [5.74, 6) is 0.853. The van der Waals surface area contributed by atoms with Gasteiger partial charge >= 0.3 is 6.18 Å². The number of hydrogen-bond donors (Lipinski definition) is 1. The van der Waals surface area contributed by atoms with E-state index < -0.39 is 11.7 Å². The van der Waals surface area contributed by atoms with Crippen LogP contribution in [0.2, 0.25) is 0 Å². The Morgan fingerprint density at radius 1 is 1.26 bits per heavy atom. The van der Waals surface area contributed by atoms with E-state index in [0.717, 1.165) is 18.9 Å². The van der Waals surface area contributed by atoms with Crippen LogP contribution in [0.25, 0.3) is 0 Å². The zero-order chi connectivity index (χ0) is 19.7. The molecule has 148 valence electrons. The average Bonchev–Trinajstić information content (AvgIpc) is 3.00. The topological polar surface area (TPSA) is 72.5 Å². The highest BCUT2D eigenvalue weighted by Crippen LogP contribution is 2.49. The summed E-state index contributed by atoms with van der Waals surface area (Å²) in [7, 11) is 1.92. The first-order valence-corrected chi connectivity index (χ1v) is 8.74. The molecule has 9 heteroatoms. The molecule has 0 radical (unpaired) electrons. The Kier molecular flexibility index (Phi) is 5.16. The summed E-state index contributed by atoms with van der Waals surface area (Å²) < 4.78 is 50.2. The second-order valence-corrected chi connectivity index (χ2v) is 7.54. The van der Waals surface area contributed by atoms with Crippen LogP contribution < -0.4 is 5.32 Å². The van der Waals surface area contributed by atoms with Gasteiger partial charge in [0.1, 0.15) is 5.76 Å². The number of aliphatic imine (C=N–C) groups is 1. The molecule has 6 nitrogen and oxygen atoms in total. The molecule has 1 aromatic heterocycles. The van der Waals surface area contributed by atoms with Crippen molar-refractivity contribution >= 4 is 6.21 Å². The smallest absolute Gasteiger partial charge is 0.413 e. The van der Waals surface area contributed by atoms with Crippen molar-refractivity contribution in [1.29, 1.82) is 0 Å². The Morgan fingerprint density at radius 2 is 2.00 bits per heavy atom. The summed E-state index contributed by atoms with van der Waals surface area (Å²) in [6.07, 6.45) is 0.757. The zero-order valence-electron chi connectivity index (χ0n) is 15.6. The van der Waals surface area contributed by atoms with Gasteiger partial charge in [0.05, 0.1) is 6.54 Å². The van der Waals surface area contributed by atoms with Crippen molar-refractivity contribution in [3.63, 3.8) is 0 Å². The number of alkyl halides is 3. The fourth-order valence-electron chi connectivity index (χ4n) is 3.67. The number of aromatic nitrogens is 2. The van der Waals surface area contributed by atoms with Crippen LogP contribution in [0, 0.1) is 0 Å². The van der Waals surface area contributed by atoms with E-state index in [9.17, 15) is 13.2 Å². The Morgan fingerprint density at radius 3 is 2.67 bits per heavy atom. The lowest BCUT2D eigenvalue weighted by Crippen LogP contribution is -2.58. The number of allylic oxidation sites excluding steroid dienone is 2. The van der Waals surface area contributed by atoms with Gasteiger partial charge < -0.3 is 14.5 Å². The number of nitrogens with zero attached hydrogens (tertiary/aromatic N) is 3.